The van der Waals surface area contributed by atoms with Crippen molar-refractivity contribution >= 4 is 38.2 Å². The molecule has 0 saturated carbocycles. The van der Waals surface area contributed by atoms with Crippen molar-refractivity contribution in [1.82, 2.24) is 25.1 Å². The third-order valence-electron chi connectivity index (χ3n) is 4.55. The Morgan fingerprint density at radius 2 is 2.04 bits per heavy atom. The molecule has 138 valence electrons. The molecule has 0 amide bonds. The lowest BCUT2D eigenvalue weighted by molar-refractivity contribution is 0.738. The summed E-state index contributed by atoms with van der Waals surface area (Å²) in [5, 5.41) is 9.92. The van der Waals surface area contributed by atoms with E-state index in [9.17, 15) is 0 Å². The summed E-state index contributed by atoms with van der Waals surface area (Å²) in [6.45, 7) is 5.97. The maximum absolute atomic E-state index is 4.73. The van der Waals surface area contributed by atoms with Crippen molar-refractivity contribution in [3.63, 3.8) is 0 Å². The molecule has 1 N–H and O–H groups in total. The van der Waals surface area contributed by atoms with Gasteiger partial charge in [-0.25, -0.2) is 9.97 Å². The summed E-state index contributed by atoms with van der Waals surface area (Å²) in [5.74, 6) is 0. The van der Waals surface area contributed by atoms with E-state index in [4.69, 9.17) is 4.98 Å². The zero-order valence-corrected chi connectivity index (χ0v) is 16.7. The summed E-state index contributed by atoms with van der Waals surface area (Å²) < 4.78 is 2.98. The Morgan fingerprint density at radius 1 is 1.15 bits per heavy atom. The van der Waals surface area contributed by atoms with Crippen LogP contribution in [0.25, 0.3) is 37.4 Å². The first-order valence-electron chi connectivity index (χ1n) is 9.37. The summed E-state index contributed by atoms with van der Waals surface area (Å²) >= 11 is 1.70. The van der Waals surface area contributed by atoms with Crippen molar-refractivity contribution in [3.8, 4) is 10.6 Å². The molecule has 1 aliphatic rings. The summed E-state index contributed by atoms with van der Waals surface area (Å²) in [6.07, 6.45) is 7.29. The van der Waals surface area contributed by atoms with Crippen molar-refractivity contribution < 1.29 is 0 Å². The minimum Gasteiger partial charge on any atom is -0.313 e. The van der Waals surface area contributed by atoms with Gasteiger partial charge in [-0.1, -0.05) is 19.9 Å². The third kappa shape index (κ3) is 3.50. The normalized spacial score (nSPS) is 14.1. The van der Waals surface area contributed by atoms with Crippen LogP contribution in [0.15, 0.2) is 42.7 Å². The van der Waals surface area contributed by atoms with Gasteiger partial charge in [-0.3, -0.25) is 4.68 Å². The second-order valence-electron chi connectivity index (χ2n) is 6.32. The molecule has 0 atom stereocenters. The van der Waals surface area contributed by atoms with Crippen molar-refractivity contribution in [2.24, 2.45) is 7.05 Å². The minimum absolute atomic E-state index is 0.824. The predicted molar refractivity (Wildman–Crippen MR) is 114 cm³/mol. The van der Waals surface area contributed by atoms with Crippen LogP contribution in [0.3, 0.4) is 0 Å². The summed E-state index contributed by atoms with van der Waals surface area (Å²) in [7, 11) is 1.94. The van der Waals surface area contributed by atoms with E-state index in [1.165, 1.54) is 11.1 Å². The predicted octanol–water partition coefficient (Wildman–Crippen LogP) is 4.65. The Kier molecular flexibility index (Phi) is 5.01. The van der Waals surface area contributed by atoms with Gasteiger partial charge >= 0.3 is 0 Å². The molecule has 0 spiro atoms. The number of hydrogen-bond donors (Lipinski definition) is 1. The smallest absolute Gasteiger partial charge is 0.170 e. The molecule has 1 aromatic carbocycles. The number of fused-ring (bicyclic) bond motifs is 2. The van der Waals surface area contributed by atoms with Crippen LogP contribution in [0.5, 0.6) is 0 Å². The van der Waals surface area contributed by atoms with Gasteiger partial charge in [-0.15, -0.1) is 11.3 Å². The first-order chi connectivity index (χ1) is 13.3. The largest absolute Gasteiger partial charge is 0.313 e. The van der Waals surface area contributed by atoms with Crippen LogP contribution in [0.2, 0.25) is 0 Å². The van der Waals surface area contributed by atoms with E-state index < -0.39 is 0 Å². The van der Waals surface area contributed by atoms with E-state index in [-0.39, 0.29) is 0 Å². The Labute approximate surface area is 162 Å². The lowest BCUT2D eigenvalue weighted by Gasteiger charge is -2.13. The third-order valence-corrected chi connectivity index (χ3v) is 5.59. The maximum Gasteiger partial charge on any atom is 0.170 e. The van der Waals surface area contributed by atoms with Gasteiger partial charge in [0.15, 0.2) is 5.65 Å². The summed E-state index contributed by atoms with van der Waals surface area (Å²) in [6, 6.07) is 8.51. The second kappa shape index (κ2) is 7.58. The minimum atomic E-state index is 0.824. The van der Waals surface area contributed by atoms with Crippen molar-refractivity contribution in [1.29, 1.82) is 0 Å². The number of rotatable bonds is 2. The van der Waals surface area contributed by atoms with E-state index in [1.54, 1.807) is 11.3 Å². The molecular formula is C21H23N5S. The highest BCUT2D eigenvalue weighted by Crippen LogP contribution is 2.32. The Bertz CT molecular complexity index is 1120. The molecule has 5 rings (SSSR count). The zero-order valence-electron chi connectivity index (χ0n) is 15.9. The number of thiazole rings is 1. The lowest BCUT2D eigenvalue weighted by Crippen LogP contribution is -2.20. The summed E-state index contributed by atoms with van der Waals surface area (Å²) in [5.41, 5.74) is 5.54. The van der Waals surface area contributed by atoms with Crippen molar-refractivity contribution in [3.05, 3.63) is 48.3 Å². The quantitative estimate of drug-likeness (QED) is 0.552. The van der Waals surface area contributed by atoms with Gasteiger partial charge in [0.05, 0.1) is 10.2 Å². The molecular weight excluding hydrogens is 354 g/mol. The standard InChI is InChI=1S/C19H17N5S.C2H6/c1-24-11-15-8-13(2-3-16(15)23-24)19-22-18-17(25-19)9-14(10-21-18)12-4-6-20-7-5-12;1-2/h2-4,8-11,20H,5-7H2,1H3;1-2H3. The number of nitrogens with one attached hydrogen (secondary N) is 1. The van der Waals surface area contributed by atoms with Gasteiger partial charge in [-0.05, 0) is 48.4 Å². The molecule has 5 nitrogen and oxygen atoms in total. The molecule has 0 unspecified atom stereocenters. The highest BCUT2D eigenvalue weighted by atomic mass is 32.1. The monoisotopic (exact) mass is 377 g/mol. The Balaban J connectivity index is 0.000000872. The van der Waals surface area contributed by atoms with Crippen LogP contribution < -0.4 is 5.32 Å². The number of pyridine rings is 1. The van der Waals surface area contributed by atoms with Crippen LogP contribution in [-0.2, 0) is 7.05 Å². The van der Waals surface area contributed by atoms with Crippen LogP contribution in [0, 0.1) is 0 Å². The highest BCUT2D eigenvalue weighted by molar-refractivity contribution is 7.21. The molecule has 4 aromatic rings. The molecule has 0 radical (unpaired) electrons. The maximum atomic E-state index is 4.73. The molecule has 0 bridgehead atoms. The second-order valence-corrected chi connectivity index (χ2v) is 7.36. The van der Waals surface area contributed by atoms with Gasteiger partial charge in [0.2, 0.25) is 0 Å². The molecule has 0 fully saturated rings. The molecule has 1 aliphatic heterocycles. The topological polar surface area (TPSA) is 55.6 Å². The average Bonchev–Trinajstić information content (AvgIpc) is 3.31. The molecule has 27 heavy (non-hydrogen) atoms. The van der Waals surface area contributed by atoms with Crippen molar-refractivity contribution in [2.45, 2.75) is 20.3 Å². The van der Waals surface area contributed by atoms with Crippen LogP contribution in [0.4, 0.5) is 0 Å². The van der Waals surface area contributed by atoms with E-state index in [0.717, 1.165) is 51.3 Å². The number of aryl methyl sites for hydroxylation is 1. The van der Waals surface area contributed by atoms with E-state index in [1.807, 2.05) is 38.0 Å². The summed E-state index contributed by atoms with van der Waals surface area (Å²) in [4.78, 5) is 9.32. The number of aromatic nitrogens is 4. The fourth-order valence-corrected chi connectivity index (χ4v) is 4.25. The number of hydrogen-bond acceptors (Lipinski definition) is 5. The van der Waals surface area contributed by atoms with Crippen LogP contribution in [-0.4, -0.2) is 32.8 Å². The van der Waals surface area contributed by atoms with Crippen LogP contribution >= 0.6 is 11.3 Å². The Morgan fingerprint density at radius 3 is 2.85 bits per heavy atom. The molecule has 3 aromatic heterocycles. The van der Waals surface area contributed by atoms with Crippen LogP contribution in [0.1, 0.15) is 25.8 Å². The number of benzene rings is 1. The number of nitrogens with zero attached hydrogens (tertiary/aromatic N) is 4. The van der Waals surface area contributed by atoms with Gasteiger partial charge in [0.1, 0.15) is 5.01 Å². The SMILES string of the molecule is CC.Cn1cc2cc(-c3nc4ncc(C5=CCNCC5)cc4s3)ccc2n1. The molecule has 6 heteroatoms. The average molecular weight is 378 g/mol. The van der Waals surface area contributed by atoms with E-state index in [2.05, 4.69) is 45.7 Å². The van der Waals surface area contributed by atoms with Gasteiger partial charge in [0.25, 0.3) is 0 Å². The fraction of sp³-hybridized carbons (Fsp3) is 0.286. The molecule has 0 aliphatic carbocycles. The van der Waals surface area contributed by atoms with Gasteiger partial charge < -0.3 is 5.32 Å². The highest BCUT2D eigenvalue weighted by Gasteiger charge is 2.12. The molecule has 0 saturated heterocycles. The molecule has 4 heterocycles. The zero-order chi connectivity index (χ0) is 18.8. The van der Waals surface area contributed by atoms with E-state index in [0.29, 0.717) is 0 Å². The first kappa shape index (κ1) is 17.8. The Hall–Kier alpha value is -2.57. The first-order valence-corrected chi connectivity index (χ1v) is 10.2. The van der Waals surface area contributed by atoms with E-state index >= 15 is 0 Å². The van der Waals surface area contributed by atoms with Gasteiger partial charge in [-0.2, -0.15) is 5.10 Å². The van der Waals surface area contributed by atoms with Gasteiger partial charge in [0, 0.05) is 36.9 Å². The lowest BCUT2D eigenvalue weighted by atomic mass is 10.0. The van der Waals surface area contributed by atoms with Crippen molar-refractivity contribution in [2.75, 3.05) is 13.1 Å². The fourth-order valence-electron chi connectivity index (χ4n) is 3.29.